The van der Waals surface area contributed by atoms with Crippen LogP contribution in [0.5, 0.6) is 0 Å². The van der Waals surface area contributed by atoms with Gasteiger partial charge in [0.15, 0.2) is 0 Å². The second-order valence-electron chi connectivity index (χ2n) is 3.40. The molecule has 16 heavy (non-hydrogen) atoms. The van der Waals surface area contributed by atoms with Crippen molar-refractivity contribution in [2.45, 2.75) is 19.3 Å². The molecular weight excluding hydrogens is 204 g/mol. The van der Waals surface area contributed by atoms with E-state index >= 15 is 0 Å². The Hall–Kier alpha value is -2.02. The molecule has 0 aromatic heterocycles. The lowest BCUT2D eigenvalue weighted by molar-refractivity contribution is -0.384. The molecule has 4 heteroatoms. The molecule has 0 saturated heterocycles. The van der Waals surface area contributed by atoms with Gasteiger partial charge in [0, 0.05) is 30.8 Å². The second-order valence-corrected chi connectivity index (χ2v) is 3.40. The van der Waals surface area contributed by atoms with Crippen molar-refractivity contribution in [2.24, 2.45) is 0 Å². The molecular formula is C12H14N2O2. The highest BCUT2D eigenvalue weighted by Gasteiger charge is 2.04. The van der Waals surface area contributed by atoms with Gasteiger partial charge in [-0.15, -0.1) is 12.3 Å². The molecule has 1 rings (SSSR count). The molecule has 0 fully saturated rings. The van der Waals surface area contributed by atoms with Crippen LogP contribution in [0.4, 0.5) is 11.4 Å². The number of anilines is 1. The monoisotopic (exact) mass is 218 g/mol. The fraction of sp³-hybridized carbons (Fsp3) is 0.333. The largest absolute Gasteiger partial charge is 0.385 e. The topological polar surface area (TPSA) is 55.2 Å². The number of nitro benzene ring substituents is 1. The third kappa shape index (κ3) is 4.01. The Balaban J connectivity index is 2.39. The van der Waals surface area contributed by atoms with Crippen molar-refractivity contribution < 1.29 is 4.92 Å². The van der Waals surface area contributed by atoms with Gasteiger partial charge in [0.05, 0.1) is 4.92 Å². The number of non-ortho nitro benzene ring substituents is 1. The van der Waals surface area contributed by atoms with Gasteiger partial charge in [-0.3, -0.25) is 10.1 Å². The number of terminal acetylenes is 1. The van der Waals surface area contributed by atoms with E-state index in [0.717, 1.165) is 31.5 Å². The first kappa shape index (κ1) is 12.1. The number of nitrogens with zero attached hydrogens (tertiary/aromatic N) is 1. The van der Waals surface area contributed by atoms with Crippen LogP contribution >= 0.6 is 0 Å². The molecule has 0 amide bonds. The van der Waals surface area contributed by atoms with E-state index in [1.54, 1.807) is 6.07 Å². The van der Waals surface area contributed by atoms with Gasteiger partial charge in [-0.25, -0.2) is 0 Å². The van der Waals surface area contributed by atoms with Crippen molar-refractivity contribution >= 4 is 11.4 Å². The van der Waals surface area contributed by atoms with Crippen LogP contribution in [0, 0.1) is 22.5 Å². The van der Waals surface area contributed by atoms with Crippen LogP contribution in [-0.2, 0) is 0 Å². The first-order valence-corrected chi connectivity index (χ1v) is 5.16. The van der Waals surface area contributed by atoms with E-state index < -0.39 is 4.92 Å². The number of benzene rings is 1. The zero-order valence-corrected chi connectivity index (χ0v) is 8.98. The Bertz CT molecular complexity index is 396. The highest BCUT2D eigenvalue weighted by molar-refractivity contribution is 5.50. The molecule has 0 unspecified atom stereocenters. The zero-order chi connectivity index (χ0) is 11.8. The van der Waals surface area contributed by atoms with Crippen LogP contribution in [0.15, 0.2) is 24.3 Å². The summed E-state index contributed by atoms with van der Waals surface area (Å²) in [7, 11) is 0. The molecule has 0 bridgehead atoms. The first-order chi connectivity index (χ1) is 7.74. The highest BCUT2D eigenvalue weighted by atomic mass is 16.6. The third-order valence-electron chi connectivity index (χ3n) is 2.13. The summed E-state index contributed by atoms with van der Waals surface area (Å²) >= 11 is 0. The van der Waals surface area contributed by atoms with Gasteiger partial charge in [0.2, 0.25) is 0 Å². The summed E-state index contributed by atoms with van der Waals surface area (Å²) in [6.45, 7) is 0.781. The van der Waals surface area contributed by atoms with Crippen molar-refractivity contribution in [3.05, 3.63) is 34.4 Å². The SMILES string of the molecule is C#CCCCCNc1cccc([N+](=O)[O-])c1. The van der Waals surface area contributed by atoms with Gasteiger partial charge >= 0.3 is 0 Å². The lowest BCUT2D eigenvalue weighted by atomic mass is 10.2. The zero-order valence-electron chi connectivity index (χ0n) is 8.98. The molecule has 1 aromatic rings. The van der Waals surface area contributed by atoms with E-state index in [0.29, 0.717) is 0 Å². The number of unbranched alkanes of at least 4 members (excludes halogenated alkanes) is 2. The highest BCUT2D eigenvalue weighted by Crippen LogP contribution is 2.16. The summed E-state index contributed by atoms with van der Waals surface area (Å²) in [4.78, 5) is 10.1. The van der Waals surface area contributed by atoms with Crippen molar-refractivity contribution in [1.29, 1.82) is 0 Å². The molecule has 0 atom stereocenters. The number of hydrogen-bond acceptors (Lipinski definition) is 3. The molecule has 0 aliphatic carbocycles. The maximum Gasteiger partial charge on any atom is 0.271 e. The Morgan fingerprint density at radius 1 is 1.44 bits per heavy atom. The van der Waals surface area contributed by atoms with Gasteiger partial charge in [0.25, 0.3) is 5.69 Å². The van der Waals surface area contributed by atoms with E-state index in [1.807, 2.05) is 6.07 Å². The van der Waals surface area contributed by atoms with E-state index in [-0.39, 0.29) is 5.69 Å². The first-order valence-electron chi connectivity index (χ1n) is 5.16. The summed E-state index contributed by atoms with van der Waals surface area (Å²) in [5.74, 6) is 2.57. The van der Waals surface area contributed by atoms with Crippen molar-refractivity contribution in [3.8, 4) is 12.3 Å². The molecule has 0 aliphatic heterocycles. The summed E-state index contributed by atoms with van der Waals surface area (Å²) in [5, 5.41) is 13.6. The van der Waals surface area contributed by atoms with Crippen LogP contribution in [0.2, 0.25) is 0 Å². The molecule has 0 spiro atoms. The predicted molar refractivity (Wildman–Crippen MR) is 64.3 cm³/mol. The molecule has 1 aromatic carbocycles. The van der Waals surface area contributed by atoms with Crippen LogP contribution in [0.25, 0.3) is 0 Å². The molecule has 0 aliphatic rings. The quantitative estimate of drug-likeness (QED) is 0.345. The van der Waals surface area contributed by atoms with Crippen molar-refractivity contribution in [1.82, 2.24) is 0 Å². The molecule has 0 radical (unpaired) electrons. The van der Waals surface area contributed by atoms with Crippen molar-refractivity contribution in [3.63, 3.8) is 0 Å². The summed E-state index contributed by atoms with van der Waals surface area (Å²) in [6.07, 6.45) is 7.84. The average Bonchev–Trinajstić information content (AvgIpc) is 2.29. The molecule has 84 valence electrons. The Kier molecular flexibility index (Phi) is 4.87. The number of hydrogen-bond donors (Lipinski definition) is 1. The van der Waals surface area contributed by atoms with Gasteiger partial charge in [-0.2, -0.15) is 0 Å². The number of nitro groups is 1. The smallest absolute Gasteiger partial charge is 0.271 e. The lowest BCUT2D eigenvalue weighted by Gasteiger charge is -2.04. The number of rotatable bonds is 6. The number of nitrogens with one attached hydrogen (secondary N) is 1. The Labute approximate surface area is 94.8 Å². The van der Waals surface area contributed by atoms with E-state index in [2.05, 4.69) is 11.2 Å². The van der Waals surface area contributed by atoms with Gasteiger partial charge < -0.3 is 5.32 Å². The van der Waals surface area contributed by atoms with Gasteiger partial charge in [-0.1, -0.05) is 6.07 Å². The predicted octanol–water partition coefficient (Wildman–Crippen LogP) is 2.81. The van der Waals surface area contributed by atoms with Gasteiger partial charge in [-0.05, 0) is 18.9 Å². The Morgan fingerprint density at radius 3 is 2.94 bits per heavy atom. The minimum atomic E-state index is -0.399. The average molecular weight is 218 g/mol. The van der Waals surface area contributed by atoms with E-state index in [4.69, 9.17) is 6.42 Å². The maximum atomic E-state index is 10.5. The standard InChI is InChI=1S/C12H14N2O2/c1-2-3-4-5-9-13-11-7-6-8-12(10-11)14(15)16/h1,6-8,10,13H,3-5,9H2. The lowest BCUT2D eigenvalue weighted by Crippen LogP contribution is -2.01. The minimum absolute atomic E-state index is 0.105. The maximum absolute atomic E-state index is 10.5. The Morgan fingerprint density at radius 2 is 2.25 bits per heavy atom. The second kappa shape index (κ2) is 6.46. The van der Waals surface area contributed by atoms with Crippen LogP contribution < -0.4 is 5.32 Å². The summed E-state index contributed by atoms with van der Waals surface area (Å²) in [5.41, 5.74) is 0.878. The summed E-state index contributed by atoms with van der Waals surface area (Å²) < 4.78 is 0. The minimum Gasteiger partial charge on any atom is -0.385 e. The molecule has 1 N–H and O–H groups in total. The molecule has 4 nitrogen and oxygen atoms in total. The van der Waals surface area contributed by atoms with Crippen LogP contribution in [0.3, 0.4) is 0 Å². The fourth-order valence-electron chi connectivity index (χ4n) is 1.31. The van der Waals surface area contributed by atoms with Gasteiger partial charge in [0.1, 0.15) is 0 Å². The van der Waals surface area contributed by atoms with Crippen LogP contribution in [0.1, 0.15) is 19.3 Å². The molecule has 0 saturated carbocycles. The van der Waals surface area contributed by atoms with E-state index in [9.17, 15) is 10.1 Å². The fourth-order valence-corrected chi connectivity index (χ4v) is 1.31. The normalized spacial score (nSPS) is 9.44. The van der Waals surface area contributed by atoms with Crippen molar-refractivity contribution in [2.75, 3.05) is 11.9 Å². The summed E-state index contributed by atoms with van der Waals surface area (Å²) in [6, 6.07) is 6.49. The molecule has 0 heterocycles. The van der Waals surface area contributed by atoms with Crippen LogP contribution in [-0.4, -0.2) is 11.5 Å². The third-order valence-corrected chi connectivity index (χ3v) is 2.13. The van der Waals surface area contributed by atoms with E-state index in [1.165, 1.54) is 12.1 Å².